The predicted molar refractivity (Wildman–Crippen MR) is 39.5 cm³/mol. The smallest absolute Gasteiger partial charge is 1.00 e. The van der Waals surface area contributed by atoms with Crippen molar-refractivity contribution in [1.29, 1.82) is 0 Å². The summed E-state index contributed by atoms with van der Waals surface area (Å²) < 4.78 is 0. The van der Waals surface area contributed by atoms with Crippen LogP contribution in [0.25, 0.3) is 0 Å². The van der Waals surface area contributed by atoms with E-state index in [-0.39, 0.29) is 911 Å². The van der Waals surface area contributed by atoms with Gasteiger partial charge in [-0.25, -0.2) is 0 Å². The molecule has 0 nitrogen and oxygen atoms in total. The maximum atomic E-state index is 0. The van der Waals surface area contributed by atoms with Crippen LogP contribution in [0.4, 0.5) is 0 Å². The molecule has 0 heterocycles. The van der Waals surface area contributed by atoms with E-state index in [0.717, 1.165) is 0 Å². The van der Waals surface area contributed by atoms with Crippen LogP contribution in [0.1, 0.15) is 41.4 Å². The van der Waals surface area contributed by atoms with Crippen molar-refractivity contribution < 1.29 is 899 Å². The van der Waals surface area contributed by atoms with E-state index < -0.39 is 0 Å². The summed E-state index contributed by atoms with van der Waals surface area (Å²) in [5.41, 5.74) is 0. The molecule has 66 valence electrons. The molecule has 0 aliphatic rings. The fourth-order valence-corrected chi connectivity index (χ4v) is 0. The SMILES string of the molecule is Cl.[H-].[H-].[H-].[H-].[H-].[H-].[H-].[H-].[H-].[H-].[H-].[H-].[H-].[H-].[H-].[H-].[H-].[H-].[H-].[H-].[H-].[H-].[H-].[H-].[H-].[H-].[H-].[H-].[H-].[Na+].[Na+].[Na+].[Na+].[Na+].[Na+].[Na+].[Na+].[Na+].[Na+].[Na+].[Na+].[Na+].[Na+].[Na+].[Na+].[Na+].[Na+].[Na+].[Na+].[Na+].[Na+].[Na+].[Na+].[Na+].[Na+].[Na+].[Na+].[Na+]. The Morgan fingerprint density at radius 3 is 0.100 bits per heavy atom. The first-order valence-electron chi connectivity index (χ1n) is 0. The summed E-state index contributed by atoms with van der Waals surface area (Å²) in [6.45, 7) is 0. The van der Waals surface area contributed by atoms with Crippen LogP contribution in [0.3, 0.4) is 0 Å². The van der Waals surface area contributed by atoms with Gasteiger partial charge < -0.3 is 41.4 Å². The second-order valence-electron chi connectivity index (χ2n) is 0. The van der Waals surface area contributed by atoms with Crippen LogP contribution >= 0.6 is 12.4 Å². The van der Waals surface area contributed by atoms with E-state index in [1.807, 2.05) is 0 Å². The average Bonchev–Trinajstić information content (AvgIpc) is 0. The van der Waals surface area contributed by atoms with E-state index in [2.05, 4.69) is 0 Å². The van der Waals surface area contributed by atoms with Crippen LogP contribution in [-0.2, 0) is 0 Å². The van der Waals surface area contributed by atoms with Crippen LogP contribution in [-0.4, -0.2) is 0 Å². The zero-order valence-corrected chi connectivity index (χ0v) is 88.2. The molecule has 0 saturated carbocycles. The van der Waals surface area contributed by atoms with Crippen molar-refractivity contribution in [2.45, 2.75) is 0 Å². The van der Waals surface area contributed by atoms with Crippen LogP contribution < -0.4 is 857 Å². The topological polar surface area (TPSA) is 0 Å². The second-order valence-corrected chi connectivity index (χ2v) is 0. The first-order chi connectivity index (χ1) is 0. The molecule has 0 spiro atoms. The van der Waals surface area contributed by atoms with Crippen molar-refractivity contribution in [2.75, 3.05) is 0 Å². The van der Waals surface area contributed by atoms with Crippen molar-refractivity contribution in [3.05, 3.63) is 0 Å². The molecule has 0 radical (unpaired) electrons. The van der Waals surface area contributed by atoms with Crippen molar-refractivity contribution >= 4 is 12.4 Å². The zero-order valence-electron chi connectivity index (χ0n) is 58.4. The molecule has 0 aromatic carbocycles. The summed E-state index contributed by atoms with van der Waals surface area (Å²) in [7, 11) is 0. The van der Waals surface area contributed by atoms with Gasteiger partial charge in [0.2, 0.25) is 0 Å². The fourth-order valence-electron chi connectivity index (χ4n) is 0. The summed E-state index contributed by atoms with van der Waals surface area (Å²) in [6, 6.07) is 0. The molecule has 0 atom stereocenters. The Balaban J connectivity index is 0. The van der Waals surface area contributed by atoms with Crippen molar-refractivity contribution in [3.63, 3.8) is 0 Å². The molecule has 30 heavy (non-hydrogen) atoms. The third-order valence-corrected chi connectivity index (χ3v) is 0. The van der Waals surface area contributed by atoms with E-state index in [1.165, 1.54) is 0 Å². The largest absolute Gasteiger partial charge is 1.00 e. The molecule has 0 N–H and O–H groups in total. The molecule has 0 fully saturated rings. The van der Waals surface area contributed by atoms with Crippen LogP contribution in [0, 0.1) is 0 Å². The molecule has 30 heteroatoms. The zero-order chi connectivity index (χ0) is 0. The van der Waals surface area contributed by atoms with Gasteiger partial charge in [0, 0.05) is 0 Å². The molecule has 0 rings (SSSR count). The Morgan fingerprint density at radius 2 is 0.100 bits per heavy atom. The number of rotatable bonds is 0. The Morgan fingerprint density at radius 1 is 0.100 bits per heavy atom. The summed E-state index contributed by atoms with van der Waals surface area (Å²) in [6.07, 6.45) is 0. The average molecular weight is 732 g/mol. The maximum Gasteiger partial charge on any atom is 1.00 e. The normalized spacial score (nSPS) is 0. The number of halogens is 1. The standard InChI is InChI=1S/ClH.29Na.29H/h1H;;;;;;;;;;;;;;;;;;;;;;;;;;;;;;;;;;;;;;;;;;;;;;;;;;;;;;;;;;/q;29*+1;29*-1. The third-order valence-electron chi connectivity index (χ3n) is 0. The summed E-state index contributed by atoms with van der Waals surface area (Å²) in [5, 5.41) is 0. The first-order valence-corrected chi connectivity index (χ1v) is 0. The molecule has 0 aliphatic heterocycles. The third kappa shape index (κ3) is 212. The van der Waals surface area contributed by atoms with Crippen molar-refractivity contribution in [1.82, 2.24) is 0 Å². The van der Waals surface area contributed by atoms with Gasteiger partial charge in [-0.15, -0.1) is 12.4 Å². The minimum Gasteiger partial charge on any atom is -1.00 e. The summed E-state index contributed by atoms with van der Waals surface area (Å²) in [5.74, 6) is 0. The van der Waals surface area contributed by atoms with Gasteiger partial charge in [0.05, 0.1) is 0 Å². The van der Waals surface area contributed by atoms with Gasteiger partial charge in [-0.2, -0.15) is 0 Å². The number of hydrogen-bond acceptors (Lipinski definition) is 0. The Bertz CT molecular complexity index is 65.3. The minimum atomic E-state index is 0. The molecule has 0 bridgehead atoms. The van der Waals surface area contributed by atoms with Crippen molar-refractivity contribution in [2.24, 2.45) is 0 Å². The van der Waals surface area contributed by atoms with E-state index in [1.54, 1.807) is 0 Å². The van der Waals surface area contributed by atoms with Crippen LogP contribution in [0.5, 0.6) is 0 Å². The Labute approximate surface area is 881 Å². The quantitative estimate of drug-likeness (QED) is 0.218. The maximum absolute atomic E-state index is 0. The fraction of sp³-hybridized carbons (Fsp3) is 0. The van der Waals surface area contributed by atoms with Gasteiger partial charge in [0.25, 0.3) is 0 Å². The van der Waals surface area contributed by atoms with Crippen molar-refractivity contribution in [3.8, 4) is 0 Å². The van der Waals surface area contributed by atoms with Gasteiger partial charge in [-0.1, -0.05) is 0 Å². The van der Waals surface area contributed by atoms with Gasteiger partial charge in [-0.3, -0.25) is 0 Å². The molecule has 0 amide bonds. The summed E-state index contributed by atoms with van der Waals surface area (Å²) >= 11 is 0. The van der Waals surface area contributed by atoms with E-state index in [0.29, 0.717) is 0 Å². The van der Waals surface area contributed by atoms with E-state index in [9.17, 15) is 0 Å². The molecule has 0 aliphatic carbocycles. The Kier molecular flexibility index (Phi) is 1750. The Hall–Kier alpha value is 29.3. The van der Waals surface area contributed by atoms with Gasteiger partial charge in [0.15, 0.2) is 0 Å². The van der Waals surface area contributed by atoms with Crippen LogP contribution in [0.15, 0.2) is 0 Å². The monoisotopic (exact) mass is 732 g/mol. The molecule has 0 aromatic heterocycles. The molecule has 0 aromatic rings. The summed E-state index contributed by atoms with van der Waals surface area (Å²) in [4.78, 5) is 0. The van der Waals surface area contributed by atoms with Gasteiger partial charge in [0.1, 0.15) is 0 Å². The predicted octanol–water partition coefficient (Wildman–Crippen LogP) is -83.2. The van der Waals surface area contributed by atoms with Gasteiger partial charge in [-0.05, 0) is 0 Å². The van der Waals surface area contributed by atoms with Gasteiger partial charge >= 0.3 is 857 Å². The first kappa shape index (κ1) is 235. The van der Waals surface area contributed by atoms with E-state index in [4.69, 9.17) is 0 Å². The van der Waals surface area contributed by atoms with E-state index >= 15 is 0 Å². The second kappa shape index (κ2) is 223. The van der Waals surface area contributed by atoms with Crippen LogP contribution in [0.2, 0.25) is 0 Å². The minimum absolute atomic E-state index is 0. The molecule has 0 saturated heterocycles. The number of hydrogen-bond donors (Lipinski definition) is 0. The molecular weight excluding hydrogens is 702 g/mol. The molecule has 0 unspecified atom stereocenters. The molecular formula is H30ClNa29.